The van der Waals surface area contributed by atoms with Gasteiger partial charge >= 0.3 is 23.5 Å². The van der Waals surface area contributed by atoms with E-state index in [0.717, 1.165) is 34.7 Å². The second kappa shape index (κ2) is 20.7. The lowest BCUT2D eigenvalue weighted by Crippen LogP contribution is -2.46. The van der Waals surface area contributed by atoms with E-state index in [4.69, 9.17) is 25.3 Å². The summed E-state index contributed by atoms with van der Waals surface area (Å²) < 4.78 is 62.1. The summed E-state index contributed by atoms with van der Waals surface area (Å²) in [4.78, 5) is 87.5. The van der Waals surface area contributed by atoms with Crippen molar-refractivity contribution in [2.45, 2.75) is 63.4 Å². The summed E-state index contributed by atoms with van der Waals surface area (Å²) in [6, 6.07) is -0.597. The maximum Gasteiger partial charge on any atom is 0.481 e. The van der Waals surface area contributed by atoms with Crippen molar-refractivity contribution in [3.63, 3.8) is 0 Å². The summed E-state index contributed by atoms with van der Waals surface area (Å²) >= 11 is 2.56. The fourth-order valence-corrected chi connectivity index (χ4v) is 8.81. The highest BCUT2D eigenvalue weighted by atomic mass is 32.2. The van der Waals surface area contributed by atoms with Crippen molar-refractivity contribution in [3.8, 4) is 0 Å². The van der Waals surface area contributed by atoms with Gasteiger partial charge in [0.1, 0.15) is 36.3 Å². The number of nitrogens with zero attached hydrogens (tertiary/aromatic N) is 4. The average Bonchev–Trinajstić information content (AvgIpc) is 3.66. The summed E-state index contributed by atoms with van der Waals surface area (Å²) in [6.07, 6.45) is -4.51. The van der Waals surface area contributed by atoms with Crippen LogP contribution in [0.2, 0.25) is 0 Å². The van der Waals surface area contributed by atoms with E-state index in [0.29, 0.717) is 12.2 Å². The number of imidazole rings is 1. The molecule has 2 aromatic rings. The molecule has 12 N–H and O–H groups in total. The van der Waals surface area contributed by atoms with Crippen LogP contribution in [0, 0.1) is 5.41 Å². The minimum absolute atomic E-state index is 0.0285. The first kappa shape index (κ1) is 48.2. The number of carbonyl (C=O) groups excluding carboxylic acids is 3. The van der Waals surface area contributed by atoms with E-state index < -0.39 is 90.6 Å². The number of aromatic nitrogens is 4. The number of hydrogen-bond acceptors (Lipinski definition) is 20. The zero-order chi connectivity index (χ0) is 42.1. The molecule has 30 heteroatoms. The molecule has 318 valence electrons. The van der Waals surface area contributed by atoms with Crippen molar-refractivity contribution >= 4 is 80.9 Å². The van der Waals surface area contributed by atoms with Crippen LogP contribution in [0.3, 0.4) is 0 Å². The molecule has 0 bridgehead atoms. The molecule has 8 atom stereocenters. The zero-order valence-corrected chi connectivity index (χ0v) is 34.4. The predicted octanol–water partition coefficient (Wildman–Crippen LogP) is -1.25. The van der Waals surface area contributed by atoms with Crippen LogP contribution in [-0.2, 0) is 50.7 Å². The van der Waals surface area contributed by atoms with Gasteiger partial charge < -0.3 is 56.6 Å². The van der Waals surface area contributed by atoms with E-state index in [-0.39, 0.29) is 41.6 Å². The minimum Gasteiger partial charge on any atom is -0.386 e. The molecular formula is C26H45N8O17P3S2. The molecule has 25 nitrogen and oxygen atoms in total. The van der Waals surface area contributed by atoms with Crippen molar-refractivity contribution < 1.29 is 80.5 Å². The van der Waals surface area contributed by atoms with E-state index in [1.165, 1.54) is 13.8 Å². The molecule has 0 aliphatic carbocycles. The Morgan fingerprint density at radius 2 is 1.73 bits per heavy atom. The summed E-state index contributed by atoms with van der Waals surface area (Å²) in [7, 11) is -16.4. The molecule has 0 spiro atoms. The van der Waals surface area contributed by atoms with E-state index in [2.05, 4.69) is 34.4 Å². The topological polar surface area (TPSA) is 390 Å². The number of rotatable bonds is 23. The number of nitrogens with one attached hydrogen (secondary N) is 2. The lowest BCUT2D eigenvalue weighted by atomic mass is 9.87. The normalized spacial score (nSPS) is 22.2. The van der Waals surface area contributed by atoms with Gasteiger partial charge in [-0.25, -0.2) is 28.6 Å². The number of nitrogen functional groups attached to an aromatic ring is 1. The maximum atomic E-state index is 12.7. The number of aliphatic hydroxyl groups is 2. The molecule has 2 amide bonds. The molecule has 2 aromatic heterocycles. The lowest BCUT2D eigenvalue weighted by Gasteiger charge is -2.30. The molecule has 0 radical (unpaired) electrons. The Morgan fingerprint density at radius 3 is 2.39 bits per heavy atom. The second-order valence-electron chi connectivity index (χ2n) is 12.6. The van der Waals surface area contributed by atoms with Gasteiger partial charge in [0.15, 0.2) is 17.7 Å². The standard InChI is InChI=1S/C26H45N8O17P3S2/c1-26(2,20(37)23(38)30-6-4-16(35)29-7-9-56-25(39)14(27)5-8-55-3)11-48-54(45,46)51-53(43,44)47-10-15-19(50-52(40,41)42)18(36)24(49-15)34-13-33-17-21(28)31-12-32-22(17)34/h12-15,18-20,24,36-37H,4-11,27H2,1-3H3,(H,29,35)(H,30,38)(H,43,44)(H,45,46)(H2,28,31,32)(H2,40,41,42)/t14-,15?,18?,19?,20?,24?/m0/s1. The fraction of sp³-hybridized carbons (Fsp3) is 0.692. The summed E-state index contributed by atoms with van der Waals surface area (Å²) in [5, 5.41) is 26.1. The van der Waals surface area contributed by atoms with E-state index in [1.54, 1.807) is 11.8 Å². The monoisotopic (exact) mass is 898 g/mol. The molecule has 56 heavy (non-hydrogen) atoms. The zero-order valence-electron chi connectivity index (χ0n) is 30.1. The number of carbonyl (C=O) groups is 3. The summed E-state index contributed by atoms with van der Waals surface area (Å²) in [5.74, 6) is -0.450. The Hall–Kier alpha value is -2.13. The molecule has 1 saturated heterocycles. The molecule has 1 aliphatic rings. The quantitative estimate of drug-likeness (QED) is 0.0460. The highest BCUT2D eigenvalue weighted by molar-refractivity contribution is 8.13. The van der Waals surface area contributed by atoms with Gasteiger partial charge in [0.25, 0.3) is 0 Å². The van der Waals surface area contributed by atoms with Crippen molar-refractivity contribution in [2.75, 3.05) is 49.8 Å². The van der Waals surface area contributed by atoms with Gasteiger partial charge in [-0.15, -0.1) is 0 Å². The minimum atomic E-state index is -5.57. The number of phosphoric ester groups is 3. The van der Waals surface area contributed by atoms with Crippen LogP contribution < -0.4 is 22.1 Å². The van der Waals surface area contributed by atoms with Crippen LogP contribution in [0.5, 0.6) is 0 Å². The van der Waals surface area contributed by atoms with Gasteiger partial charge in [0.2, 0.25) is 16.9 Å². The predicted molar refractivity (Wildman–Crippen MR) is 198 cm³/mol. The number of ether oxygens (including phenoxy) is 1. The summed E-state index contributed by atoms with van der Waals surface area (Å²) in [5.41, 5.74) is 10.1. The third-order valence-electron chi connectivity index (χ3n) is 7.68. The Bertz CT molecular complexity index is 1820. The lowest BCUT2D eigenvalue weighted by molar-refractivity contribution is -0.137. The van der Waals surface area contributed by atoms with Crippen LogP contribution >= 0.6 is 47.0 Å². The molecule has 0 aromatic carbocycles. The first-order valence-electron chi connectivity index (χ1n) is 16.3. The Balaban J connectivity index is 1.48. The molecule has 1 fully saturated rings. The number of aliphatic hydroxyl groups excluding tert-OH is 2. The van der Waals surface area contributed by atoms with Crippen LogP contribution in [0.4, 0.5) is 5.82 Å². The van der Waals surface area contributed by atoms with Crippen molar-refractivity contribution in [1.82, 2.24) is 30.2 Å². The Labute approximate surface area is 327 Å². The number of amides is 2. The van der Waals surface area contributed by atoms with Gasteiger partial charge in [0.05, 0.1) is 25.6 Å². The maximum absolute atomic E-state index is 12.7. The largest absolute Gasteiger partial charge is 0.481 e. The summed E-state index contributed by atoms with van der Waals surface area (Å²) in [6.45, 7) is 0.424. The fourth-order valence-electron chi connectivity index (χ4n) is 4.75. The number of fused-ring (bicyclic) bond motifs is 1. The van der Waals surface area contributed by atoms with Crippen molar-refractivity contribution in [2.24, 2.45) is 11.1 Å². The number of thioether (sulfide) groups is 2. The van der Waals surface area contributed by atoms with E-state index >= 15 is 0 Å². The third kappa shape index (κ3) is 14.6. The average molecular weight is 899 g/mol. The van der Waals surface area contributed by atoms with Crippen molar-refractivity contribution in [3.05, 3.63) is 12.7 Å². The van der Waals surface area contributed by atoms with Crippen LogP contribution in [-0.4, -0.2) is 141 Å². The van der Waals surface area contributed by atoms with E-state index in [9.17, 15) is 57.9 Å². The van der Waals surface area contributed by atoms with Gasteiger partial charge in [-0.2, -0.15) is 16.1 Å². The molecule has 1 aliphatic heterocycles. The molecule has 0 saturated carbocycles. The number of phosphoric acid groups is 3. The molecule has 3 heterocycles. The molecular weight excluding hydrogens is 853 g/mol. The van der Waals surface area contributed by atoms with Gasteiger partial charge in [-0.05, 0) is 18.4 Å². The van der Waals surface area contributed by atoms with Gasteiger partial charge in [-0.1, -0.05) is 25.6 Å². The van der Waals surface area contributed by atoms with Crippen molar-refractivity contribution in [1.29, 1.82) is 0 Å². The Morgan fingerprint density at radius 1 is 1.05 bits per heavy atom. The highest BCUT2D eigenvalue weighted by Crippen LogP contribution is 2.61. The molecule has 7 unspecified atom stereocenters. The van der Waals surface area contributed by atoms with Crippen LogP contribution in [0.1, 0.15) is 32.9 Å². The Kier molecular flexibility index (Phi) is 17.8. The van der Waals surface area contributed by atoms with Gasteiger partial charge in [-0.3, -0.25) is 32.5 Å². The smallest absolute Gasteiger partial charge is 0.386 e. The third-order valence-corrected chi connectivity index (χ3v) is 12.4. The first-order chi connectivity index (χ1) is 26.0. The second-order valence-corrected chi connectivity index (χ2v) is 18.9. The van der Waals surface area contributed by atoms with E-state index in [1.807, 2.05) is 6.26 Å². The molecule has 3 rings (SSSR count). The number of nitrogens with two attached hydrogens (primary N) is 2. The SMILES string of the molecule is CSCC[C@H](N)C(=O)SCCNC(=O)CCNC(=O)C(O)C(C)(C)COP(=O)(O)OP(=O)(O)OCC1OC(n2cnc3c(N)ncnc32)C(O)C1OP(=O)(O)O. The highest BCUT2D eigenvalue weighted by Gasteiger charge is 2.50. The number of anilines is 1. The first-order valence-corrected chi connectivity index (χ1v) is 23.2. The van der Waals surface area contributed by atoms with Crippen LogP contribution in [0.25, 0.3) is 11.2 Å². The van der Waals surface area contributed by atoms with Crippen LogP contribution in [0.15, 0.2) is 12.7 Å². The van der Waals surface area contributed by atoms with Gasteiger partial charge in [0, 0.05) is 30.7 Å². The number of hydrogen-bond donors (Lipinski definition) is 10.